The molecule has 1 aromatic rings. The normalized spacial score (nSPS) is 11.1. The standard InChI is InChI=1S/C15H28N4/c1-6-16-12-14-8-9-15(17-13(14)2)19(5)11-7-10-18(3)4/h8-9,16H,6-7,10-12H2,1-5H3. The van der Waals surface area contributed by atoms with Crippen LogP contribution in [0.5, 0.6) is 0 Å². The fourth-order valence-corrected chi connectivity index (χ4v) is 1.97. The van der Waals surface area contributed by atoms with E-state index in [2.05, 4.69) is 62.2 Å². The van der Waals surface area contributed by atoms with Gasteiger partial charge in [-0.25, -0.2) is 4.98 Å². The second kappa shape index (κ2) is 8.12. The van der Waals surface area contributed by atoms with E-state index in [1.807, 2.05) is 0 Å². The monoisotopic (exact) mass is 264 g/mol. The first kappa shape index (κ1) is 15.9. The predicted octanol–water partition coefficient (Wildman–Crippen LogP) is 1.89. The molecule has 1 aromatic heterocycles. The molecule has 0 spiro atoms. The molecule has 1 N–H and O–H groups in total. The number of aromatic nitrogens is 1. The maximum Gasteiger partial charge on any atom is 0.128 e. The van der Waals surface area contributed by atoms with Crippen LogP contribution < -0.4 is 10.2 Å². The molecular weight excluding hydrogens is 236 g/mol. The van der Waals surface area contributed by atoms with Gasteiger partial charge in [0.15, 0.2) is 0 Å². The maximum absolute atomic E-state index is 4.70. The highest BCUT2D eigenvalue weighted by Gasteiger charge is 2.05. The van der Waals surface area contributed by atoms with Gasteiger partial charge in [0.25, 0.3) is 0 Å². The van der Waals surface area contributed by atoms with Crippen LogP contribution in [0, 0.1) is 6.92 Å². The Hall–Kier alpha value is -1.13. The van der Waals surface area contributed by atoms with E-state index in [1.165, 1.54) is 5.56 Å². The quantitative estimate of drug-likeness (QED) is 0.777. The third-order valence-electron chi connectivity index (χ3n) is 3.24. The first-order chi connectivity index (χ1) is 9.04. The van der Waals surface area contributed by atoms with Gasteiger partial charge in [-0.15, -0.1) is 0 Å². The Morgan fingerprint density at radius 3 is 2.47 bits per heavy atom. The van der Waals surface area contributed by atoms with Gasteiger partial charge in [0.2, 0.25) is 0 Å². The molecule has 0 saturated heterocycles. The van der Waals surface area contributed by atoms with Crippen molar-refractivity contribution in [2.75, 3.05) is 45.7 Å². The molecule has 0 atom stereocenters. The Morgan fingerprint density at radius 1 is 1.16 bits per heavy atom. The molecule has 19 heavy (non-hydrogen) atoms. The smallest absolute Gasteiger partial charge is 0.128 e. The molecule has 0 aromatic carbocycles. The van der Waals surface area contributed by atoms with Gasteiger partial charge in [-0.05, 0) is 52.2 Å². The first-order valence-electron chi connectivity index (χ1n) is 7.07. The first-order valence-corrected chi connectivity index (χ1v) is 7.07. The fourth-order valence-electron chi connectivity index (χ4n) is 1.97. The van der Waals surface area contributed by atoms with Crippen LogP contribution in [-0.4, -0.2) is 50.7 Å². The van der Waals surface area contributed by atoms with Crippen molar-refractivity contribution in [3.05, 3.63) is 23.4 Å². The summed E-state index contributed by atoms with van der Waals surface area (Å²) in [6, 6.07) is 4.30. The summed E-state index contributed by atoms with van der Waals surface area (Å²) in [4.78, 5) is 9.14. The molecule has 0 fully saturated rings. The van der Waals surface area contributed by atoms with Gasteiger partial charge in [0.1, 0.15) is 5.82 Å². The summed E-state index contributed by atoms with van der Waals surface area (Å²) in [6.07, 6.45) is 1.16. The molecule has 0 bridgehead atoms. The minimum Gasteiger partial charge on any atom is -0.360 e. The lowest BCUT2D eigenvalue weighted by atomic mass is 10.2. The second-order valence-electron chi connectivity index (χ2n) is 5.27. The molecule has 0 amide bonds. The zero-order valence-electron chi connectivity index (χ0n) is 13.0. The van der Waals surface area contributed by atoms with Crippen molar-refractivity contribution in [3.63, 3.8) is 0 Å². The minimum atomic E-state index is 0.903. The number of aryl methyl sites for hydroxylation is 1. The van der Waals surface area contributed by atoms with Crippen molar-refractivity contribution in [3.8, 4) is 0 Å². The predicted molar refractivity (Wildman–Crippen MR) is 82.8 cm³/mol. The summed E-state index contributed by atoms with van der Waals surface area (Å²) in [6.45, 7) is 8.25. The molecule has 0 radical (unpaired) electrons. The number of nitrogens with one attached hydrogen (secondary N) is 1. The summed E-state index contributed by atoms with van der Waals surface area (Å²) in [5, 5.41) is 3.34. The Morgan fingerprint density at radius 2 is 1.89 bits per heavy atom. The highest BCUT2D eigenvalue weighted by molar-refractivity contribution is 5.40. The van der Waals surface area contributed by atoms with E-state index in [9.17, 15) is 0 Å². The van der Waals surface area contributed by atoms with Gasteiger partial charge in [0, 0.05) is 25.8 Å². The number of hydrogen-bond donors (Lipinski definition) is 1. The molecule has 0 aliphatic heterocycles. The van der Waals surface area contributed by atoms with E-state index in [-0.39, 0.29) is 0 Å². The molecule has 4 nitrogen and oxygen atoms in total. The third-order valence-corrected chi connectivity index (χ3v) is 3.24. The number of anilines is 1. The van der Waals surface area contributed by atoms with Crippen LogP contribution in [0.4, 0.5) is 5.82 Å². The lowest BCUT2D eigenvalue weighted by Crippen LogP contribution is -2.24. The van der Waals surface area contributed by atoms with Gasteiger partial charge in [-0.2, -0.15) is 0 Å². The van der Waals surface area contributed by atoms with E-state index in [0.29, 0.717) is 0 Å². The van der Waals surface area contributed by atoms with Gasteiger partial charge < -0.3 is 15.1 Å². The van der Waals surface area contributed by atoms with Crippen molar-refractivity contribution >= 4 is 5.82 Å². The zero-order chi connectivity index (χ0) is 14.3. The largest absolute Gasteiger partial charge is 0.360 e. The average Bonchev–Trinajstić information content (AvgIpc) is 2.36. The van der Waals surface area contributed by atoms with E-state index < -0.39 is 0 Å². The van der Waals surface area contributed by atoms with Gasteiger partial charge in [-0.3, -0.25) is 0 Å². The fraction of sp³-hybridized carbons (Fsp3) is 0.667. The number of hydrogen-bond acceptors (Lipinski definition) is 4. The van der Waals surface area contributed by atoms with Crippen LogP contribution >= 0.6 is 0 Å². The molecule has 1 heterocycles. The molecule has 108 valence electrons. The van der Waals surface area contributed by atoms with Gasteiger partial charge in [-0.1, -0.05) is 13.0 Å². The Labute approximate surface area is 117 Å². The molecular formula is C15H28N4. The molecule has 0 saturated carbocycles. The number of rotatable bonds is 8. The summed E-state index contributed by atoms with van der Waals surface area (Å²) >= 11 is 0. The Balaban J connectivity index is 2.56. The summed E-state index contributed by atoms with van der Waals surface area (Å²) in [5.41, 5.74) is 2.41. The topological polar surface area (TPSA) is 31.4 Å². The van der Waals surface area contributed by atoms with Crippen LogP contribution in [0.2, 0.25) is 0 Å². The Kier molecular flexibility index (Phi) is 6.81. The lowest BCUT2D eigenvalue weighted by Gasteiger charge is -2.20. The summed E-state index contributed by atoms with van der Waals surface area (Å²) in [5.74, 6) is 1.07. The number of pyridine rings is 1. The highest BCUT2D eigenvalue weighted by Crippen LogP contribution is 2.14. The Bertz CT molecular complexity index is 376. The van der Waals surface area contributed by atoms with Crippen molar-refractivity contribution in [1.82, 2.24) is 15.2 Å². The van der Waals surface area contributed by atoms with E-state index in [4.69, 9.17) is 4.98 Å². The lowest BCUT2D eigenvalue weighted by molar-refractivity contribution is 0.401. The molecule has 4 heteroatoms. The minimum absolute atomic E-state index is 0.903. The average molecular weight is 264 g/mol. The van der Waals surface area contributed by atoms with Crippen LogP contribution in [0.3, 0.4) is 0 Å². The van der Waals surface area contributed by atoms with Crippen LogP contribution in [0.25, 0.3) is 0 Å². The molecule has 0 unspecified atom stereocenters. The van der Waals surface area contributed by atoms with E-state index in [1.54, 1.807) is 0 Å². The van der Waals surface area contributed by atoms with E-state index in [0.717, 1.165) is 44.1 Å². The molecule has 0 aliphatic rings. The molecule has 1 rings (SSSR count). The van der Waals surface area contributed by atoms with Crippen LogP contribution in [-0.2, 0) is 6.54 Å². The number of nitrogens with zero attached hydrogens (tertiary/aromatic N) is 3. The van der Waals surface area contributed by atoms with Crippen LogP contribution in [0.1, 0.15) is 24.6 Å². The summed E-state index contributed by atoms with van der Waals surface area (Å²) in [7, 11) is 6.33. The van der Waals surface area contributed by atoms with Crippen molar-refractivity contribution in [2.45, 2.75) is 26.8 Å². The van der Waals surface area contributed by atoms with Crippen molar-refractivity contribution in [1.29, 1.82) is 0 Å². The van der Waals surface area contributed by atoms with Crippen LogP contribution in [0.15, 0.2) is 12.1 Å². The van der Waals surface area contributed by atoms with E-state index >= 15 is 0 Å². The van der Waals surface area contributed by atoms with Crippen molar-refractivity contribution < 1.29 is 0 Å². The molecule has 0 aliphatic carbocycles. The summed E-state index contributed by atoms with van der Waals surface area (Å²) < 4.78 is 0. The van der Waals surface area contributed by atoms with Gasteiger partial charge >= 0.3 is 0 Å². The zero-order valence-corrected chi connectivity index (χ0v) is 13.0. The third kappa shape index (κ3) is 5.57. The maximum atomic E-state index is 4.70. The van der Waals surface area contributed by atoms with Gasteiger partial charge in [0.05, 0.1) is 0 Å². The SMILES string of the molecule is CCNCc1ccc(N(C)CCCN(C)C)nc1C. The highest BCUT2D eigenvalue weighted by atomic mass is 15.2. The van der Waals surface area contributed by atoms with Crippen molar-refractivity contribution in [2.24, 2.45) is 0 Å². The second-order valence-corrected chi connectivity index (χ2v) is 5.27.